The van der Waals surface area contributed by atoms with Gasteiger partial charge in [0.05, 0.1) is 0 Å². The molecule has 0 amide bonds. The molecule has 0 aromatic carbocycles. The zero-order valence-corrected chi connectivity index (χ0v) is 9.42. The molecule has 1 rings (SSSR count). The minimum atomic E-state index is 1.04. The van der Waals surface area contributed by atoms with E-state index in [1.165, 1.54) is 43.4 Å². The van der Waals surface area contributed by atoms with Crippen LogP contribution in [0.5, 0.6) is 0 Å². The summed E-state index contributed by atoms with van der Waals surface area (Å²) in [6.45, 7) is 4.39. The molecule has 1 aromatic rings. The Bertz CT molecular complexity index is 238. The highest BCUT2D eigenvalue weighted by Crippen LogP contribution is 2.07. The van der Waals surface area contributed by atoms with Crippen LogP contribution in [0.15, 0.2) is 18.3 Å². The number of unbranched alkanes of at least 4 members (excludes halogenated alkanes) is 3. The Morgan fingerprint density at radius 2 is 1.93 bits per heavy atom. The number of aryl methyl sites for hydroxylation is 2. The quantitative estimate of drug-likeness (QED) is 0.624. The number of aromatic nitrogens is 1. The van der Waals surface area contributed by atoms with Gasteiger partial charge < -0.3 is 0 Å². The summed E-state index contributed by atoms with van der Waals surface area (Å²) in [6.07, 6.45) is 9.60. The number of pyridine rings is 1. The monoisotopic (exact) mass is 191 g/mol. The molecule has 0 aliphatic carbocycles. The smallest absolute Gasteiger partial charge is 0.0401 e. The van der Waals surface area contributed by atoms with E-state index < -0.39 is 0 Å². The van der Waals surface area contributed by atoms with E-state index >= 15 is 0 Å². The lowest BCUT2D eigenvalue weighted by molar-refractivity contribution is 0.666. The molecule has 14 heavy (non-hydrogen) atoms. The van der Waals surface area contributed by atoms with E-state index in [1.54, 1.807) is 0 Å². The topological polar surface area (TPSA) is 12.9 Å². The van der Waals surface area contributed by atoms with Gasteiger partial charge >= 0.3 is 0 Å². The molecule has 0 radical (unpaired) electrons. The summed E-state index contributed by atoms with van der Waals surface area (Å²) in [7, 11) is 0. The third-order valence-corrected chi connectivity index (χ3v) is 2.57. The molecule has 0 aliphatic heterocycles. The van der Waals surface area contributed by atoms with Crippen molar-refractivity contribution in [1.82, 2.24) is 4.98 Å². The van der Waals surface area contributed by atoms with Crippen molar-refractivity contribution in [3.8, 4) is 0 Å². The van der Waals surface area contributed by atoms with Crippen molar-refractivity contribution >= 4 is 0 Å². The van der Waals surface area contributed by atoms with Crippen molar-refractivity contribution in [3.05, 3.63) is 29.6 Å². The van der Waals surface area contributed by atoms with Crippen molar-refractivity contribution < 1.29 is 0 Å². The van der Waals surface area contributed by atoms with E-state index in [-0.39, 0.29) is 0 Å². The molecule has 0 fully saturated rings. The fraction of sp³-hybridized carbons (Fsp3) is 0.615. The van der Waals surface area contributed by atoms with Crippen LogP contribution in [0.3, 0.4) is 0 Å². The van der Waals surface area contributed by atoms with Gasteiger partial charge in [-0.25, -0.2) is 0 Å². The number of nitrogens with zero attached hydrogens (tertiary/aromatic N) is 1. The number of hydrogen-bond donors (Lipinski definition) is 0. The van der Waals surface area contributed by atoms with Gasteiger partial charge in [-0.3, -0.25) is 4.98 Å². The van der Waals surface area contributed by atoms with Gasteiger partial charge in [-0.15, -0.1) is 0 Å². The first-order valence-electron chi connectivity index (χ1n) is 5.80. The molecule has 0 saturated carbocycles. The summed E-state index contributed by atoms with van der Waals surface area (Å²) < 4.78 is 0. The van der Waals surface area contributed by atoms with Gasteiger partial charge in [-0.1, -0.05) is 39.2 Å². The summed E-state index contributed by atoms with van der Waals surface area (Å²) >= 11 is 0. The molecule has 1 nitrogen and oxygen atoms in total. The molecule has 0 aliphatic rings. The second-order valence-corrected chi connectivity index (χ2v) is 3.82. The lowest BCUT2D eigenvalue weighted by Gasteiger charge is -2.01. The highest BCUT2D eigenvalue weighted by Gasteiger charge is 1.94. The molecule has 0 unspecified atom stereocenters. The SMILES string of the molecule is CCCCCCc1ccc(CC)nc1. The predicted molar refractivity (Wildman–Crippen MR) is 61.5 cm³/mol. The molecule has 0 bridgehead atoms. The fourth-order valence-electron chi connectivity index (χ4n) is 1.57. The summed E-state index contributed by atoms with van der Waals surface area (Å²) in [4.78, 5) is 4.40. The fourth-order valence-corrected chi connectivity index (χ4v) is 1.57. The molecular weight excluding hydrogens is 170 g/mol. The van der Waals surface area contributed by atoms with Crippen LogP contribution in [0.1, 0.15) is 50.8 Å². The largest absolute Gasteiger partial charge is 0.261 e. The first kappa shape index (κ1) is 11.2. The van der Waals surface area contributed by atoms with Gasteiger partial charge in [0.25, 0.3) is 0 Å². The van der Waals surface area contributed by atoms with E-state index in [4.69, 9.17) is 0 Å². The number of rotatable bonds is 6. The van der Waals surface area contributed by atoms with E-state index in [2.05, 4.69) is 31.0 Å². The van der Waals surface area contributed by atoms with Crippen molar-refractivity contribution in [2.24, 2.45) is 0 Å². The summed E-state index contributed by atoms with van der Waals surface area (Å²) in [5, 5.41) is 0. The molecule has 1 aromatic heterocycles. The van der Waals surface area contributed by atoms with Crippen LogP contribution < -0.4 is 0 Å². The van der Waals surface area contributed by atoms with Gasteiger partial charge in [0.1, 0.15) is 0 Å². The minimum absolute atomic E-state index is 1.04. The number of hydrogen-bond acceptors (Lipinski definition) is 1. The minimum Gasteiger partial charge on any atom is -0.261 e. The van der Waals surface area contributed by atoms with Gasteiger partial charge in [-0.05, 0) is 30.9 Å². The van der Waals surface area contributed by atoms with Crippen molar-refractivity contribution in [3.63, 3.8) is 0 Å². The molecule has 0 saturated heterocycles. The Kier molecular flexibility index (Phi) is 5.28. The molecule has 0 N–H and O–H groups in total. The van der Waals surface area contributed by atoms with Gasteiger partial charge in [0.15, 0.2) is 0 Å². The van der Waals surface area contributed by atoms with Gasteiger partial charge in [0.2, 0.25) is 0 Å². The molecule has 1 heterocycles. The lowest BCUT2D eigenvalue weighted by Crippen LogP contribution is -1.90. The molecule has 1 heteroatoms. The molecule has 78 valence electrons. The third-order valence-electron chi connectivity index (χ3n) is 2.57. The van der Waals surface area contributed by atoms with E-state index in [0.29, 0.717) is 0 Å². The first-order chi connectivity index (χ1) is 6.86. The second-order valence-electron chi connectivity index (χ2n) is 3.82. The Morgan fingerprint density at radius 1 is 1.07 bits per heavy atom. The summed E-state index contributed by atoms with van der Waals surface area (Å²) in [5.74, 6) is 0. The Morgan fingerprint density at radius 3 is 2.50 bits per heavy atom. The van der Waals surface area contributed by atoms with Crippen LogP contribution >= 0.6 is 0 Å². The van der Waals surface area contributed by atoms with E-state index in [1.807, 2.05) is 6.20 Å². The van der Waals surface area contributed by atoms with Crippen LogP contribution in [0.2, 0.25) is 0 Å². The maximum Gasteiger partial charge on any atom is 0.0401 e. The van der Waals surface area contributed by atoms with E-state index in [0.717, 1.165) is 6.42 Å². The van der Waals surface area contributed by atoms with Crippen LogP contribution in [0, 0.1) is 0 Å². The Balaban J connectivity index is 2.29. The van der Waals surface area contributed by atoms with Crippen LogP contribution in [-0.2, 0) is 12.8 Å². The molecule has 0 atom stereocenters. The maximum atomic E-state index is 4.40. The highest BCUT2D eigenvalue weighted by molar-refractivity contribution is 5.13. The Labute approximate surface area is 87.6 Å². The normalized spacial score (nSPS) is 10.4. The van der Waals surface area contributed by atoms with Crippen molar-refractivity contribution in [2.45, 2.75) is 52.4 Å². The van der Waals surface area contributed by atoms with Gasteiger partial charge in [0, 0.05) is 11.9 Å². The molecule has 0 spiro atoms. The molecular formula is C13H21N. The highest BCUT2D eigenvalue weighted by atomic mass is 14.7. The summed E-state index contributed by atoms with van der Waals surface area (Å²) in [6, 6.07) is 4.37. The zero-order chi connectivity index (χ0) is 10.2. The van der Waals surface area contributed by atoms with Crippen LogP contribution in [0.25, 0.3) is 0 Å². The van der Waals surface area contributed by atoms with Crippen molar-refractivity contribution in [2.75, 3.05) is 0 Å². The average molecular weight is 191 g/mol. The Hall–Kier alpha value is -0.850. The summed E-state index contributed by atoms with van der Waals surface area (Å²) in [5.41, 5.74) is 2.58. The van der Waals surface area contributed by atoms with Crippen LogP contribution in [-0.4, -0.2) is 4.98 Å². The van der Waals surface area contributed by atoms with Gasteiger partial charge in [-0.2, -0.15) is 0 Å². The second kappa shape index (κ2) is 6.58. The maximum absolute atomic E-state index is 4.40. The predicted octanol–water partition coefficient (Wildman–Crippen LogP) is 3.77. The first-order valence-corrected chi connectivity index (χ1v) is 5.80. The lowest BCUT2D eigenvalue weighted by atomic mass is 10.1. The van der Waals surface area contributed by atoms with Crippen LogP contribution in [0.4, 0.5) is 0 Å². The zero-order valence-electron chi connectivity index (χ0n) is 9.42. The standard InChI is InChI=1S/C13H21N/c1-3-5-6-7-8-12-9-10-13(4-2)14-11-12/h9-11H,3-8H2,1-2H3. The van der Waals surface area contributed by atoms with Crippen molar-refractivity contribution in [1.29, 1.82) is 0 Å². The van der Waals surface area contributed by atoms with E-state index in [9.17, 15) is 0 Å². The average Bonchev–Trinajstić information content (AvgIpc) is 2.25. The third kappa shape index (κ3) is 3.91.